The fraction of sp³-hybridized carbons (Fsp3) is 0.286. The monoisotopic (exact) mass is 278 g/mol. The molecule has 1 heterocycles. The predicted octanol–water partition coefficient (Wildman–Crippen LogP) is 2.51. The molecule has 1 unspecified atom stereocenters. The molecular formula is C14H18N2O2S. The summed E-state index contributed by atoms with van der Waals surface area (Å²) in [6, 6.07) is 9.97. The Labute approximate surface area is 117 Å². The van der Waals surface area contributed by atoms with Crippen LogP contribution in [0.3, 0.4) is 0 Å². The van der Waals surface area contributed by atoms with Gasteiger partial charge in [0, 0.05) is 0 Å². The van der Waals surface area contributed by atoms with Crippen LogP contribution in [-0.4, -0.2) is 14.2 Å². The maximum atomic E-state index is 5.68. The summed E-state index contributed by atoms with van der Waals surface area (Å²) in [6.45, 7) is 0. The lowest BCUT2D eigenvalue weighted by Crippen LogP contribution is -2.29. The molecule has 0 aliphatic carbocycles. The topological polar surface area (TPSA) is 56.5 Å². The van der Waals surface area contributed by atoms with Crippen molar-refractivity contribution in [3.63, 3.8) is 0 Å². The molecule has 0 bridgehead atoms. The Hall–Kier alpha value is -1.56. The van der Waals surface area contributed by atoms with Crippen molar-refractivity contribution in [3.8, 4) is 11.5 Å². The first-order valence-corrected chi connectivity index (χ1v) is 6.87. The number of nitrogens with one attached hydrogen (secondary N) is 1. The molecule has 0 aliphatic rings. The molecule has 5 heteroatoms. The molecule has 2 rings (SSSR count). The van der Waals surface area contributed by atoms with E-state index in [9.17, 15) is 0 Å². The van der Waals surface area contributed by atoms with E-state index < -0.39 is 0 Å². The van der Waals surface area contributed by atoms with E-state index in [4.69, 9.17) is 15.3 Å². The van der Waals surface area contributed by atoms with Gasteiger partial charge in [-0.05, 0) is 35.6 Å². The Morgan fingerprint density at radius 1 is 1.26 bits per heavy atom. The summed E-state index contributed by atoms with van der Waals surface area (Å²) in [5.41, 5.74) is 4.02. The maximum absolute atomic E-state index is 5.68. The van der Waals surface area contributed by atoms with Gasteiger partial charge in [-0.2, -0.15) is 0 Å². The Balaban J connectivity index is 2.19. The van der Waals surface area contributed by atoms with Gasteiger partial charge in [0.1, 0.15) is 11.5 Å². The Bertz CT molecular complexity index is 528. The van der Waals surface area contributed by atoms with Crippen LogP contribution in [0.2, 0.25) is 0 Å². The standard InChI is InChI=1S/C14H18N2O2S/c1-17-11-5-3-4-10(8-11)9-12(16-15)14-13(18-2)6-7-19-14/h3-8,12,16H,9,15H2,1-2H3. The number of nitrogens with two attached hydrogens (primary N) is 1. The summed E-state index contributed by atoms with van der Waals surface area (Å²) in [7, 11) is 3.34. The lowest BCUT2D eigenvalue weighted by atomic mass is 10.0. The minimum atomic E-state index is 0.0297. The second-order valence-electron chi connectivity index (χ2n) is 4.13. The van der Waals surface area contributed by atoms with Gasteiger partial charge in [-0.15, -0.1) is 11.3 Å². The average molecular weight is 278 g/mol. The second-order valence-corrected chi connectivity index (χ2v) is 5.08. The third-order valence-corrected chi connectivity index (χ3v) is 3.98. The molecule has 1 aromatic carbocycles. The van der Waals surface area contributed by atoms with E-state index in [0.717, 1.165) is 28.4 Å². The summed E-state index contributed by atoms with van der Waals surface area (Å²) in [5, 5.41) is 2.00. The molecule has 4 nitrogen and oxygen atoms in total. The van der Waals surface area contributed by atoms with Crippen molar-refractivity contribution < 1.29 is 9.47 Å². The van der Waals surface area contributed by atoms with Crippen LogP contribution >= 0.6 is 11.3 Å². The maximum Gasteiger partial charge on any atom is 0.134 e. The van der Waals surface area contributed by atoms with Gasteiger partial charge in [0.25, 0.3) is 0 Å². The Morgan fingerprint density at radius 3 is 2.79 bits per heavy atom. The number of benzene rings is 1. The molecule has 1 aromatic heterocycles. The molecule has 102 valence electrons. The van der Waals surface area contributed by atoms with Crippen LogP contribution in [0, 0.1) is 0 Å². The highest BCUT2D eigenvalue weighted by molar-refractivity contribution is 7.10. The largest absolute Gasteiger partial charge is 0.497 e. The molecule has 0 aliphatic heterocycles. The van der Waals surface area contributed by atoms with Gasteiger partial charge in [0.15, 0.2) is 0 Å². The zero-order chi connectivity index (χ0) is 13.7. The average Bonchev–Trinajstić information content (AvgIpc) is 2.93. The van der Waals surface area contributed by atoms with Crippen molar-refractivity contribution in [1.29, 1.82) is 0 Å². The number of ether oxygens (including phenoxy) is 2. The molecule has 0 amide bonds. The normalized spacial score (nSPS) is 12.2. The molecule has 3 N–H and O–H groups in total. The summed E-state index contributed by atoms with van der Waals surface area (Å²) in [6.07, 6.45) is 0.782. The summed E-state index contributed by atoms with van der Waals surface area (Å²) in [5.74, 6) is 7.40. The second kappa shape index (κ2) is 6.56. The first-order chi connectivity index (χ1) is 9.28. The minimum Gasteiger partial charge on any atom is -0.497 e. The minimum absolute atomic E-state index is 0.0297. The molecule has 0 fully saturated rings. The molecular weight excluding hydrogens is 260 g/mol. The lowest BCUT2D eigenvalue weighted by molar-refractivity contribution is 0.402. The van der Waals surface area contributed by atoms with Crippen LogP contribution < -0.4 is 20.7 Å². The van der Waals surface area contributed by atoms with E-state index in [2.05, 4.69) is 11.5 Å². The highest BCUT2D eigenvalue weighted by Gasteiger charge is 2.17. The quantitative estimate of drug-likeness (QED) is 0.630. The zero-order valence-corrected chi connectivity index (χ0v) is 11.9. The van der Waals surface area contributed by atoms with Crippen LogP contribution in [0.15, 0.2) is 35.7 Å². The Kier molecular flexibility index (Phi) is 4.79. The number of methoxy groups -OCH3 is 2. The van der Waals surface area contributed by atoms with E-state index in [-0.39, 0.29) is 6.04 Å². The van der Waals surface area contributed by atoms with Crippen molar-refractivity contribution >= 4 is 11.3 Å². The first kappa shape index (κ1) is 13.9. The molecule has 0 saturated heterocycles. The highest BCUT2D eigenvalue weighted by atomic mass is 32.1. The smallest absolute Gasteiger partial charge is 0.134 e. The summed E-state index contributed by atoms with van der Waals surface area (Å²) >= 11 is 1.64. The molecule has 0 saturated carbocycles. The van der Waals surface area contributed by atoms with E-state index in [0.29, 0.717) is 0 Å². The number of hydrogen-bond donors (Lipinski definition) is 2. The molecule has 2 aromatic rings. The van der Waals surface area contributed by atoms with Crippen LogP contribution in [-0.2, 0) is 6.42 Å². The summed E-state index contributed by atoms with van der Waals surface area (Å²) < 4.78 is 10.6. The third-order valence-electron chi connectivity index (χ3n) is 2.97. The van der Waals surface area contributed by atoms with Crippen LogP contribution in [0.4, 0.5) is 0 Å². The fourth-order valence-corrected chi connectivity index (χ4v) is 2.92. The SMILES string of the molecule is COc1cccc(CC(NN)c2sccc2OC)c1. The molecule has 0 radical (unpaired) electrons. The number of hydrazine groups is 1. The zero-order valence-electron chi connectivity index (χ0n) is 11.1. The number of thiophene rings is 1. The van der Waals surface area contributed by atoms with Crippen LogP contribution in [0.5, 0.6) is 11.5 Å². The van der Waals surface area contributed by atoms with Crippen molar-refractivity contribution in [1.82, 2.24) is 5.43 Å². The van der Waals surface area contributed by atoms with E-state index in [1.807, 2.05) is 29.6 Å². The molecule has 19 heavy (non-hydrogen) atoms. The number of hydrogen-bond acceptors (Lipinski definition) is 5. The van der Waals surface area contributed by atoms with Gasteiger partial charge in [0.2, 0.25) is 0 Å². The molecule has 1 atom stereocenters. The van der Waals surface area contributed by atoms with Crippen molar-refractivity contribution in [2.45, 2.75) is 12.5 Å². The highest BCUT2D eigenvalue weighted by Crippen LogP contribution is 2.32. The van der Waals surface area contributed by atoms with Crippen molar-refractivity contribution in [2.24, 2.45) is 5.84 Å². The van der Waals surface area contributed by atoms with Crippen LogP contribution in [0.1, 0.15) is 16.5 Å². The van der Waals surface area contributed by atoms with Crippen molar-refractivity contribution in [3.05, 3.63) is 46.2 Å². The van der Waals surface area contributed by atoms with Gasteiger partial charge in [-0.1, -0.05) is 12.1 Å². The van der Waals surface area contributed by atoms with E-state index in [1.165, 1.54) is 0 Å². The third kappa shape index (κ3) is 3.26. The Morgan fingerprint density at radius 2 is 2.11 bits per heavy atom. The lowest BCUT2D eigenvalue weighted by Gasteiger charge is -2.16. The number of rotatable bonds is 6. The van der Waals surface area contributed by atoms with Gasteiger partial charge in [0.05, 0.1) is 25.1 Å². The molecule has 0 spiro atoms. The van der Waals surface area contributed by atoms with Gasteiger partial charge in [-0.3, -0.25) is 11.3 Å². The van der Waals surface area contributed by atoms with Gasteiger partial charge in [-0.25, -0.2) is 0 Å². The summed E-state index contributed by atoms with van der Waals surface area (Å²) in [4.78, 5) is 1.10. The van der Waals surface area contributed by atoms with Gasteiger partial charge < -0.3 is 9.47 Å². The van der Waals surface area contributed by atoms with Crippen LogP contribution in [0.25, 0.3) is 0 Å². The van der Waals surface area contributed by atoms with Crippen molar-refractivity contribution in [2.75, 3.05) is 14.2 Å². The van der Waals surface area contributed by atoms with Gasteiger partial charge >= 0.3 is 0 Å². The predicted molar refractivity (Wildman–Crippen MR) is 77.6 cm³/mol. The van der Waals surface area contributed by atoms with E-state index in [1.54, 1.807) is 25.6 Å². The van der Waals surface area contributed by atoms with E-state index >= 15 is 0 Å². The fourth-order valence-electron chi connectivity index (χ4n) is 1.99. The first-order valence-electron chi connectivity index (χ1n) is 5.99.